The topological polar surface area (TPSA) is 121 Å². The van der Waals surface area contributed by atoms with Crippen LogP contribution in [-0.4, -0.2) is 11.5 Å². The molecule has 1 atom stereocenters. The first-order valence-electron chi connectivity index (χ1n) is 4.06. The van der Waals surface area contributed by atoms with Crippen molar-refractivity contribution in [3.63, 3.8) is 0 Å². The van der Waals surface area contributed by atoms with Crippen LogP contribution in [0.2, 0.25) is 0 Å². The highest BCUT2D eigenvalue weighted by Crippen LogP contribution is 2.27. The molecule has 0 amide bonds. The van der Waals surface area contributed by atoms with E-state index in [0.717, 1.165) is 0 Å². The third-order valence-corrected chi connectivity index (χ3v) is 1.97. The highest BCUT2D eigenvalue weighted by atomic mass is 16.6. The molecule has 0 radical (unpaired) electrons. The molecule has 0 aliphatic carbocycles. The Balaban J connectivity index is 3.20. The Morgan fingerprint density at radius 2 is 2.14 bits per heavy atom. The molecule has 0 saturated carbocycles. The number of nitro benzene ring substituents is 1. The van der Waals surface area contributed by atoms with Crippen LogP contribution in [0.15, 0.2) is 18.2 Å². The van der Waals surface area contributed by atoms with Gasteiger partial charge in [-0.25, -0.2) is 0 Å². The molecule has 0 unspecified atom stereocenters. The Bertz CT molecular complexity index is 353. The third kappa shape index (κ3) is 1.81. The van der Waals surface area contributed by atoms with Gasteiger partial charge in [0.1, 0.15) is 5.69 Å². The molecule has 0 saturated heterocycles. The molecule has 0 aromatic heterocycles. The molecule has 0 heterocycles. The third-order valence-electron chi connectivity index (χ3n) is 1.97. The molecule has 1 aromatic rings. The van der Waals surface area contributed by atoms with Gasteiger partial charge in [0, 0.05) is 24.2 Å². The van der Waals surface area contributed by atoms with Gasteiger partial charge in [0.25, 0.3) is 5.69 Å². The summed E-state index contributed by atoms with van der Waals surface area (Å²) in [6.45, 7) is 0.200. The van der Waals surface area contributed by atoms with Crippen LogP contribution in [0.5, 0.6) is 0 Å². The van der Waals surface area contributed by atoms with E-state index in [1.807, 2.05) is 0 Å². The zero-order valence-corrected chi connectivity index (χ0v) is 7.51. The molecule has 14 heavy (non-hydrogen) atoms. The van der Waals surface area contributed by atoms with Crippen LogP contribution < -0.4 is 17.2 Å². The van der Waals surface area contributed by atoms with E-state index in [0.29, 0.717) is 5.56 Å². The van der Waals surface area contributed by atoms with Gasteiger partial charge in [-0.2, -0.15) is 0 Å². The summed E-state index contributed by atoms with van der Waals surface area (Å²) in [6.07, 6.45) is 0. The number of hydrogen-bond donors (Lipinski definition) is 3. The fraction of sp³-hybridized carbons (Fsp3) is 0.250. The van der Waals surface area contributed by atoms with Crippen LogP contribution in [0, 0.1) is 10.1 Å². The highest BCUT2D eigenvalue weighted by Gasteiger charge is 2.17. The highest BCUT2D eigenvalue weighted by molar-refractivity contribution is 5.63. The molecular formula is C8H12N4O2. The van der Waals surface area contributed by atoms with Gasteiger partial charge < -0.3 is 17.2 Å². The normalized spacial score (nSPS) is 12.4. The monoisotopic (exact) mass is 196 g/mol. The number of para-hydroxylation sites is 1. The van der Waals surface area contributed by atoms with Crippen molar-refractivity contribution in [2.75, 3.05) is 12.3 Å². The molecule has 0 spiro atoms. The van der Waals surface area contributed by atoms with Crippen molar-refractivity contribution in [1.82, 2.24) is 0 Å². The largest absolute Gasteiger partial charge is 0.393 e. The van der Waals surface area contributed by atoms with Crippen molar-refractivity contribution >= 4 is 11.4 Å². The summed E-state index contributed by atoms with van der Waals surface area (Å²) in [6, 6.07) is 4.05. The van der Waals surface area contributed by atoms with Crippen molar-refractivity contribution in [2.24, 2.45) is 11.5 Å². The Kier molecular flexibility index (Phi) is 3.00. The molecule has 0 bridgehead atoms. The second-order valence-corrected chi connectivity index (χ2v) is 2.88. The average Bonchev–Trinajstić information content (AvgIpc) is 2.16. The van der Waals surface area contributed by atoms with Gasteiger partial charge in [-0.05, 0) is 0 Å². The van der Waals surface area contributed by atoms with Crippen molar-refractivity contribution in [3.05, 3.63) is 33.9 Å². The SMILES string of the molecule is NC[C@@H](N)c1cccc([N+](=O)[O-])c1N. The quantitative estimate of drug-likeness (QED) is 0.360. The summed E-state index contributed by atoms with van der Waals surface area (Å²) in [5.41, 5.74) is 17.0. The standard InChI is InChI=1S/C8H12N4O2/c9-4-6(10)5-2-1-3-7(8(5)11)12(13)14/h1-3,6H,4,9-11H2/t6-/m1/s1. The van der Waals surface area contributed by atoms with Gasteiger partial charge in [-0.1, -0.05) is 12.1 Å². The Hall–Kier alpha value is -1.66. The summed E-state index contributed by atoms with van der Waals surface area (Å²) in [5.74, 6) is 0. The van der Waals surface area contributed by atoms with Gasteiger partial charge in [0.15, 0.2) is 0 Å². The van der Waals surface area contributed by atoms with Crippen LogP contribution in [0.1, 0.15) is 11.6 Å². The summed E-state index contributed by atoms with van der Waals surface area (Å²) in [7, 11) is 0. The summed E-state index contributed by atoms with van der Waals surface area (Å²) in [5, 5.41) is 10.5. The minimum atomic E-state index is -0.540. The molecule has 0 aliphatic heterocycles. The van der Waals surface area contributed by atoms with Crippen molar-refractivity contribution < 1.29 is 4.92 Å². The maximum Gasteiger partial charge on any atom is 0.292 e. The van der Waals surface area contributed by atoms with Gasteiger partial charge >= 0.3 is 0 Å². The van der Waals surface area contributed by atoms with Gasteiger partial charge in [0.2, 0.25) is 0 Å². The van der Waals surface area contributed by atoms with E-state index < -0.39 is 11.0 Å². The van der Waals surface area contributed by atoms with E-state index >= 15 is 0 Å². The van der Waals surface area contributed by atoms with Gasteiger partial charge in [-0.15, -0.1) is 0 Å². The molecule has 6 heteroatoms. The van der Waals surface area contributed by atoms with Crippen molar-refractivity contribution in [1.29, 1.82) is 0 Å². The van der Waals surface area contributed by atoms with E-state index in [-0.39, 0.29) is 17.9 Å². The first-order chi connectivity index (χ1) is 6.57. The fourth-order valence-corrected chi connectivity index (χ4v) is 1.18. The minimum Gasteiger partial charge on any atom is -0.393 e. The van der Waals surface area contributed by atoms with Crippen LogP contribution in [-0.2, 0) is 0 Å². The number of nitrogens with zero attached hydrogens (tertiary/aromatic N) is 1. The van der Waals surface area contributed by atoms with E-state index in [4.69, 9.17) is 17.2 Å². The molecule has 0 aliphatic rings. The van der Waals surface area contributed by atoms with Crippen molar-refractivity contribution in [2.45, 2.75) is 6.04 Å². The zero-order chi connectivity index (χ0) is 10.7. The molecule has 76 valence electrons. The van der Waals surface area contributed by atoms with Crippen LogP contribution in [0.3, 0.4) is 0 Å². The number of benzene rings is 1. The first kappa shape index (κ1) is 10.4. The molecular weight excluding hydrogens is 184 g/mol. The number of rotatable bonds is 3. The predicted octanol–water partition coefficient (Wildman–Crippen LogP) is 0.135. The lowest BCUT2D eigenvalue weighted by atomic mass is 10.0. The molecule has 1 rings (SSSR count). The van der Waals surface area contributed by atoms with Gasteiger partial charge in [-0.3, -0.25) is 10.1 Å². The fourth-order valence-electron chi connectivity index (χ4n) is 1.18. The lowest BCUT2D eigenvalue weighted by molar-refractivity contribution is -0.384. The number of nitrogen functional groups attached to an aromatic ring is 1. The second-order valence-electron chi connectivity index (χ2n) is 2.88. The van der Waals surface area contributed by atoms with Crippen LogP contribution >= 0.6 is 0 Å². The first-order valence-corrected chi connectivity index (χ1v) is 4.06. The lowest BCUT2D eigenvalue weighted by Crippen LogP contribution is -2.22. The van der Waals surface area contributed by atoms with E-state index in [1.165, 1.54) is 6.07 Å². The van der Waals surface area contributed by atoms with E-state index in [2.05, 4.69) is 0 Å². The van der Waals surface area contributed by atoms with Crippen molar-refractivity contribution in [3.8, 4) is 0 Å². The van der Waals surface area contributed by atoms with E-state index in [1.54, 1.807) is 12.1 Å². The summed E-state index contributed by atoms with van der Waals surface area (Å²) >= 11 is 0. The zero-order valence-electron chi connectivity index (χ0n) is 7.51. The number of nitro groups is 1. The molecule has 0 fully saturated rings. The Morgan fingerprint density at radius 1 is 1.50 bits per heavy atom. The molecule has 6 nitrogen and oxygen atoms in total. The average molecular weight is 196 g/mol. The van der Waals surface area contributed by atoms with Gasteiger partial charge in [0.05, 0.1) is 4.92 Å². The van der Waals surface area contributed by atoms with Crippen LogP contribution in [0.25, 0.3) is 0 Å². The maximum absolute atomic E-state index is 10.5. The number of nitrogens with two attached hydrogens (primary N) is 3. The lowest BCUT2D eigenvalue weighted by Gasteiger charge is -2.11. The second kappa shape index (κ2) is 4.03. The minimum absolute atomic E-state index is 0.0930. The Morgan fingerprint density at radius 3 is 2.64 bits per heavy atom. The Labute approximate surface area is 80.8 Å². The maximum atomic E-state index is 10.5. The molecule has 1 aromatic carbocycles. The summed E-state index contributed by atoms with van der Waals surface area (Å²) < 4.78 is 0. The van der Waals surface area contributed by atoms with E-state index in [9.17, 15) is 10.1 Å². The molecule has 6 N–H and O–H groups in total. The van der Waals surface area contributed by atoms with Crippen LogP contribution in [0.4, 0.5) is 11.4 Å². The summed E-state index contributed by atoms with van der Waals surface area (Å²) in [4.78, 5) is 10.00. The smallest absolute Gasteiger partial charge is 0.292 e. The number of hydrogen-bond acceptors (Lipinski definition) is 5. The predicted molar refractivity (Wildman–Crippen MR) is 53.5 cm³/mol. The number of anilines is 1.